The molecule has 1 aliphatic carbocycles. The zero-order chi connectivity index (χ0) is 8.60. The van der Waals surface area contributed by atoms with E-state index in [0.717, 1.165) is 12.8 Å². The summed E-state index contributed by atoms with van der Waals surface area (Å²) < 4.78 is 0. The van der Waals surface area contributed by atoms with Crippen LogP contribution in [0.4, 0.5) is 0 Å². The molecule has 2 aliphatic rings. The van der Waals surface area contributed by atoms with Gasteiger partial charge in [0.05, 0.1) is 0 Å². The Morgan fingerprint density at radius 3 is 3.08 bits per heavy atom. The highest BCUT2D eigenvalue weighted by atomic mass is 16.1. The molecular weight excluding hydrogens is 150 g/mol. The van der Waals surface area contributed by atoms with Gasteiger partial charge in [0.15, 0.2) is 0 Å². The van der Waals surface area contributed by atoms with Gasteiger partial charge >= 0.3 is 0 Å². The second-order valence-corrected chi connectivity index (χ2v) is 4.52. The molecule has 68 valence electrons. The van der Waals surface area contributed by atoms with Crippen molar-refractivity contribution < 1.29 is 4.79 Å². The fourth-order valence-electron chi connectivity index (χ4n) is 2.61. The molecule has 2 fully saturated rings. The van der Waals surface area contributed by atoms with Crippen LogP contribution in [0.5, 0.6) is 0 Å². The van der Waals surface area contributed by atoms with Gasteiger partial charge in [-0.1, -0.05) is 19.8 Å². The van der Waals surface area contributed by atoms with Gasteiger partial charge in [-0.15, -0.1) is 0 Å². The molecule has 2 rings (SSSR count). The van der Waals surface area contributed by atoms with Crippen molar-refractivity contribution >= 4 is 5.91 Å². The van der Waals surface area contributed by atoms with Crippen LogP contribution in [0.2, 0.25) is 0 Å². The summed E-state index contributed by atoms with van der Waals surface area (Å²) in [6, 6.07) is 0.479. The maximum absolute atomic E-state index is 11.1. The molecule has 0 aromatic rings. The summed E-state index contributed by atoms with van der Waals surface area (Å²) in [6.07, 6.45) is 6.99. The minimum absolute atomic E-state index is 0.263. The molecule has 0 unspecified atom stereocenters. The number of rotatable bonds is 0. The van der Waals surface area contributed by atoms with Gasteiger partial charge in [0, 0.05) is 12.5 Å². The molecule has 1 heterocycles. The Bertz CT molecular complexity index is 202. The third-order valence-corrected chi connectivity index (χ3v) is 3.59. The van der Waals surface area contributed by atoms with Crippen molar-refractivity contribution in [1.82, 2.24) is 5.32 Å². The third-order valence-electron chi connectivity index (χ3n) is 3.59. The highest BCUT2D eigenvalue weighted by Gasteiger charge is 2.40. The number of nitrogens with one attached hydrogen (secondary N) is 1. The van der Waals surface area contributed by atoms with Gasteiger partial charge in [0.2, 0.25) is 5.91 Å². The zero-order valence-corrected chi connectivity index (χ0v) is 7.73. The average Bonchev–Trinajstić information content (AvgIpc) is 2.06. The summed E-state index contributed by atoms with van der Waals surface area (Å²) in [5.41, 5.74) is 0.423. The molecule has 0 bridgehead atoms. The Morgan fingerprint density at radius 1 is 1.42 bits per heavy atom. The number of carbonyl (C=O) groups excluding carboxylic acids is 1. The average molecular weight is 167 g/mol. The highest BCUT2D eigenvalue weighted by Crippen LogP contribution is 2.41. The number of piperidine rings is 1. The molecule has 0 aromatic carbocycles. The van der Waals surface area contributed by atoms with E-state index in [9.17, 15) is 4.79 Å². The predicted molar refractivity (Wildman–Crippen MR) is 47.7 cm³/mol. The van der Waals surface area contributed by atoms with Crippen molar-refractivity contribution in [3.05, 3.63) is 0 Å². The molecule has 1 saturated heterocycles. The van der Waals surface area contributed by atoms with Gasteiger partial charge < -0.3 is 5.32 Å². The second-order valence-electron chi connectivity index (χ2n) is 4.52. The maximum atomic E-state index is 11.1. The fraction of sp³-hybridized carbons (Fsp3) is 0.900. The lowest BCUT2D eigenvalue weighted by atomic mass is 9.67. The lowest BCUT2D eigenvalue weighted by molar-refractivity contribution is -0.127. The molecule has 0 aromatic heterocycles. The maximum Gasteiger partial charge on any atom is 0.220 e. The topological polar surface area (TPSA) is 29.1 Å². The monoisotopic (exact) mass is 167 g/mol. The van der Waals surface area contributed by atoms with Crippen molar-refractivity contribution in [2.45, 2.75) is 51.5 Å². The highest BCUT2D eigenvalue weighted by molar-refractivity contribution is 5.77. The Hall–Kier alpha value is -0.530. The Morgan fingerprint density at radius 2 is 2.25 bits per heavy atom. The van der Waals surface area contributed by atoms with Crippen LogP contribution < -0.4 is 5.32 Å². The first kappa shape index (κ1) is 8.09. The summed E-state index contributed by atoms with van der Waals surface area (Å²) in [4.78, 5) is 11.1. The summed E-state index contributed by atoms with van der Waals surface area (Å²) in [7, 11) is 0. The van der Waals surface area contributed by atoms with E-state index in [1.165, 1.54) is 25.7 Å². The molecule has 0 spiro atoms. The van der Waals surface area contributed by atoms with Crippen LogP contribution in [0.25, 0.3) is 0 Å². The van der Waals surface area contributed by atoms with Crippen molar-refractivity contribution in [2.24, 2.45) is 5.41 Å². The first-order valence-electron chi connectivity index (χ1n) is 5.00. The molecule has 1 N–H and O–H groups in total. The molecule has 0 radical (unpaired) electrons. The van der Waals surface area contributed by atoms with E-state index in [2.05, 4.69) is 12.2 Å². The van der Waals surface area contributed by atoms with Gasteiger partial charge in [0.1, 0.15) is 0 Å². The SMILES string of the molecule is C[C@@]12CCCC[C@@H]1NC(=O)CC2. The van der Waals surface area contributed by atoms with Crippen molar-refractivity contribution in [3.63, 3.8) is 0 Å². The van der Waals surface area contributed by atoms with Crippen LogP contribution in [0, 0.1) is 5.41 Å². The number of fused-ring (bicyclic) bond motifs is 1. The normalized spacial score (nSPS) is 41.8. The van der Waals surface area contributed by atoms with Crippen LogP contribution in [0.3, 0.4) is 0 Å². The van der Waals surface area contributed by atoms with Crippen LogP contribution in [-0.4, -0.2) is 11.9 Å². The third kappa shape index (κ3) is 1.23. The Labute approximate surface area is 73.7 Å². The van der Waals surface area contributed by atoms with E-state index in [4.69, 9.17) is 0 Å². The largest absolute Gasteiger partial charge is 0.353 e. The minimum atomic E-state index is 0.263. The molecule has 2 atom stereocenters. The van der Waals surface area contributed by atoms with Crippen LogP contribution in [0.1, 0.15) is 45.4 Å². The lowest BCUT2D eigenvalue weighted by Crippen LogP contribution is -2.52. The van der Waals surface area contributed by atoms with E-state index in [1.54, 1.807) is 0 Å². The summed E-state index contributed by atoms with van der Waals surface area (Å²) in [5.74, 6) is 0.263. The number of amides is 1. The van der Waals surface area contributed by atoms with E-state index >= 15 is 0 Å². The number of carbonyl (C=O) groups is 1. The van der Waals surface area contributed by atoms with Gasteiger partial charge in [-0.05, 0) is 24.7 Å². The van der Waals surface area contributed by atoms with Crippen molar-refractivity contribution in [1.29, 1.82) is 0 Å². The Kier molecular flexibility index (Phi) is 1.85. The molecule has 12 heavy (non-hydrogen) atoms. The van der Waals surface area contributed by atoms with Gasteiger partial charge in [-0.25, -0.2) is 0 Å². The molecule has 1 aliphatic heterocycles. The second kappa shape index (κ2) is 2.75. The van der Waals surface area contributed by atoms with Gasteiger partial charge in [-0.2, -0.15) is 0 Å². The number of hydrogen-bond acceptors (Lipinski definition) is 1. The smallest absolute Gasteiger partial charge is 0.220 e. The molecule has 1 amide bonds. The Balaban J connectivity index is 2.11. The zero-order valence-electron chi connectivity index (χ0n) is 7.73. The van der Waals surface area contributed by atoms with E-state index in [-0.39, 0.29) is 5.91 Å². The van der Waals surface area contributed by atoms with E-state index in [0.29, 0.717) is 11.5 Å². The van der Waals surface area contributed by atoms with Crippen LogP contribution >= 0.6 is 0 Å². The van der Waals surface area contributed by atoms with Crippen molar-refractivity contribution in [3.8, 4) is 0 Å². The fourth-order valence-corrected chi connectivity index (χ4v) is 2.61. The van der Waals surface area contributed by atoms with Crippen LogP contribution in [0.15, 0.2) is 0 Å². The molecule has 2 heteroatoms. The van der Waals surface area contributed by atoms with Crippen molar-refractivity contribution in [2.75, 3.05) is 0 Å². The van der Waals surface area contributed by atoms with E-state index in [1.807, 2.05) is 0 Å². The first-order valence-corrected chi connectivity index (χ1v) is 5.00. The lowest BCUT2D eigenvalue weighted by Gasteiger charge is -2.45. The first-order chi connectivity index (χ1) is 5.71. The molecule has 1 saturated carbocycles. The minimum Gasteiger partial charge on any atom is -0.353 e. The molecule has 2 nitrogen and oxygen atoms in total. The predicted octanol–water partition coefficient (Wildman–Crippen LogP) is 1.85. The standard InChI is InChI=1S/C10H17NO/c1-10-6-3-2-4-8(10)11-9(12)5-7-10/h8H,2-7H2,1H3,(H,11,12)/t8-,10-/m0/s1. The summed E-state index contributed by atoms with van der Waals surface area (Å²) in [6.45, 7) is 2.33. The number of hydrogen-bond donors (Lipinski definition) is 1. The molecular formula is C10H17NO. The summed E-state index contributed by atoms with van der Waals surface area (Å²) >= 11 is 0. The van der Waals surface area contributed by atoms with Gasteiger partial charge in [-0.3, -0.25) is 4.79 Å². The quantitative estimate of drug-likeness (QED) is 0.586. The van der Waals surface area contributed by atoms with Crippen LogP contribution in [-0.2, 0) is 4.79 Å². The summed E-state index contributed by atoms with van der Waals surface area (Å²) in [5, 5.41) is 3.12. The van der Waals surface area contributed by atoms with E-state index < -0.39 is 0 Å². The van der Waals surface area contributed by atoms with Gasteiger partial charge in [0.25, 0.3) is 0 Å².